The average molecular weight is 359 g/mol. The highest BCUT2D eigenvalue weighted by molar-refractivity contribution is 9.10. The van der Waals surface area contributed by atoms with E-state index in [4.69, 9.17) is 0 Å². The van der Waals surface area contributed by atoms with Gasteiger partial charge in [-0.25, -0.2) is 13.8 Å². The van der Waals surface area contributed by atoms with Crippen molar-refractivity contribution in [2.45, 2.75) is 18.8 Å². The fraction of sp³-hybridized carbons (Fsp3) is 0.231. The lowest BCUT2D eigenvalue weighted by molar-refractivity contribution is 0.101. The molecule has 0 aliphatic heterocycles. The highest BCUT2D eigenvalue weighted by Gasteiger charge is 2.26. The molecule has 1 N–H and O–H groups in total. The molecular weight excluding hydrogens is 350 g/mol. The van der Waals surface area contributed by atoms with Crippen LogP contribution in [0.4, 0.5) is 13.9 Å². The molecule has 1 aromatic carbocycles. The number of hydrogen-bond donors (Lipinski definition) is 1. The van der Waals surface area contributed by atoms with Gasteiger partial charge in [0.15, 0.2) is 5.13 Å². The summed E-state index contributed by atoms with van der Waals surface area (Å²) in [4.78, 5) is 16.2. The Morgan fingerprint density at radius 2 is 2.00 bits per heavy atom. The second kappa shape index (κ2) is 5.21. The molecule has 2 aromatic rings. The number of anilines is 1. The van der Waals surface area contributed by atoms with Crippen LogP contribution in [-0.2, 0) is 0 Å². The summed E-state index contributed by atoms with van der Waals surface area (Å²) in [6, 6.07) is 2.10. The van der Waals surface area contributed by atoms with Crippen molar-refractivity contribution < 1.29 is 13.6 Å². The number of carbonyl (C=O) groups is 1. The fourth-order valence-corrected chi connectivity index (χ4v) is 3.02. The van der Waals surface area contributed by atoms with E-state index in [9.17, 15) is 13.6 Å². The average Bonchev–Trinajstić information content (AvgIpc) is 3.09. The Hall–Kier alpha value is -1.34. The van der Waals surface area contributed by atoms with E-state index in [1.54, 1.807) is 0 Å². The van der Waals surface area contributed by atoms with Crippen LogP contribution in [0.5, 0.6) is 0 Å². The third-order valence-corrected chi connectivity index (χ3v) is 4.21. The predicted octanol–water partition coefficient (Wildman–Crippen LogP) is 4.31. The molecule has 1 fully saturated rings. The summed E-state index contributed by atoms with van der Waals surface area (Å²) < 4.78 is 27.6. The van der Waals surface area contributed by atoms with Crippen LogP contribution >= 0.6 is 27.3 Å². The van der Waals surface area contributed by atoms with Crippen LogP contribution < -0.4 is 5.32 Å². The van der Waals surface area contributed by atoms with Crippen molar-refractivity contribution >= 4 is 38.3 Å². The van der Waals surface area contributed by atoms with Crippen LogP contribution in [0.15, 0.2) is 22.0 Å². The summed E-state index contributed by atoms with van der Waals surface area (Å²) in [6.45, 7) is 0. The predicted molar refractivity (Wildman–Crippen MR) is 76.1 cm³/mol. The van der Waals surface area contributed by atoms with Crippen LogP contribution in [0.2, 0.25) is 0 Å². The molecule has 1 amide bonds. The van der Waals surface area contributed by atoms with Gasteiger partial charge < -0.3 is 0 Å². The topological polar surface area (TPSA) is 42.0 Å². The third-order valence-electron chi connectivity index (χ3n) is 2.97. The summed E-state index contributed by atoms with van der Waals surface area (Å²) in [5.74, 6) is -2.18. The van der Waals surface area contributed by atoms with Crippen LogP contribution in [0.1, 0.15) is 34.8 Å². The lowest BCUT2D eigenvalue weighted by Gasteiger charge is -2.05. The van der Waals surface area contributed by atoms with Gasteiger partial charge in [-0.05, 0) is 25.0 Å². The van der Waals surface area contributed by atoms with Crippen LogP contribution in [0.3, 0.4) is 0 Å². The molecule has 20 heavy (non-hydrogen) atoms. The van der Waals surface area contributed by atoms with Crippen LogP contribution in [0, 0.1) is 11.6 Å². The smallest absolute Gasteiger partial charge is 0.263 e. The standard InChI is InChI=1S/C13H9BrF2N2OS/c14-7-3-8(15)11(9(16)4-7)12(19)18-13-17-10(5-20-13)6-1-2-6/h3-6H,1-2H2,(H,17,18,19). The molecule has 0 saturated heterocycles. The van der Waals surface area contributed by atoms with Gasteiger partial charge in [0.2, 0.25) is 0 Å². The lowest BCUT2D eigenvalue weighted by Crippen LogP contribution is -2.15. The Morgan fingerprint density at radius 1 is 1.35 bits per heavy atom. The minimum Gasteiger partial charge on any atom is -0.298 e. The Morgan fingerprint density at radius 3 is 2.60 bits per heavy atom. The normalized spacial score (nSPS) is 14.3. The monoisotopic (exact) mass is 358 g/mol. The number of aromatic nitrogens is 1. The van der Waals surface area contributed by atoms with Crippen molar-refractivity contribution in [3.63, 3.8) is 0 Å². The van der Waals surface area contributed by atoms with Crippen molar-refractivity contribution in [2.75, 3.05) is 5.32 Å². The second-order valence-corrected chi connectivity index (χ2v) is 6.32. The number of nitrogens with one attached hydrogen (secondary N) is 1. The van der Waals surface area contributed by atoms with Crippen molar-refractivity contribution in [1.29, 1.82) is 0 Å². The molecule has 3 nitrogen and oxygen atoms in total. The molecule has 7 heteroatoms. The maximum absolute atomic E-state index is 13.7. The van der Waals surface area contributed by atoms with E-state index in [1.165, 1.54) is 11.3 Å². The van der Waals surface area contributed by atoms with Gasteiger partial charge in [-0.3, -0.25) is 10.1 Å². The summed E-state index contributed by atoms with van der Waals surface area (Å²) >= 11 is 4.23. The maximum Gasteiger partial charge on any atom is 0.263 e. The number of carbonyl (C=O) groups excluding carboxylic acids is 1. The summed E-state index contributed by atoms with van der Waals surface area (Å²) in [5, 5.41) is 4.66. The third kappa shape index (κ3) is 2.73. The Bertz CT molecular complexity index is 662. The molecule has 0 bridgehead atoms. The second-order valence-electron chi connectivity index (χ2n) is 4.55. The van der Waals surface area contributed by atoms with Gasteiger partial charge in [0.25, 0.3) is 5.91 Å². The first-order valence-electron chi connectivity index (χ1n) is 5.96. The molecule has 104 valence electrons. The first-order valence-corrected chi connectivity index (χ1v) is 7.63. The molecule has 1 aromatic heterocycles. The Kier molecular flexibility index (Phi) is 3.55. The quantitative estimate of drug-likeness (QED) is 0.887. The number of nitrogens with zero attached hydrogens (tertiary/aromatic N) is 1. The first kappa shape index (κ1) is 13.6. The SMILES string of the molecule is O=C(Nc1nc(C2CC2)cs1)c1c(F)cc(Br)cc1F. The number of benzene rings is 1. The van der Waals surface area contributed by atoms with E-state index >= 15 is 0 Å². The molecule has 3 rings (SSSR count). The molecule has 1 aliphatic rings. The fourth-order valence-electron chi connectivity index (χ4n) is 1.83. The Balaban J connectivity index is 1.81. The van der Waals surface area contributed by atoms with Gasteiger partial charge in [0.1, 0.15) is 17.2 Å². The number of thiazole rings is 1. The van der Waals surface area contributed by atoms with Gasteiger partial charge in [-0.15, -0.1) is 11.3 Å². The molecule has 1 saturated carbocycles. The highest BCUT2D eigenvalue weighted by Crippen LogP contribution is 2.40. The van der Waals surface area contributed by atoms with Gasteiger partial charge in [-0.2, -0.15) is 0 Å². The Labute approximate surface area is 126 Å². The molecule has 1 heterocycles. The lowest BCUT2D eigenvalue weighted by atomic mass is 10.2. The highest BCUT2D eigenvalue weighted by atomic mass is 79.9. The molecule has 1 aliphatic carbocycles. The maximum atomic E-state index is 13.7. The van der Waals surface area contributed by atoms with E-state index < -0.39 is 23.1 Å². The summed E-state index contributed by atoms with van der Waals surface area (Å²) in [5.41, 5.74) is 0.332. The largest absolute Gasteiger partial charge is 0.298 e. The molecule has 0 unspecified atom stereocenters. The van der Waals surface area contributed by atoms with Crippen molar-refractivity contribution in [3.8, 4) is 0 Å². The summed E-state index contributed by atoms with van der Waals surface area (Å²) in [6.07, 6.45) is 2.21. The van der Waals surface area contributed by atoms with Crippen molar-refractivity contribution in [2.24, 2.45) is 0 Å². The molecule has 0 radical (unpaired) electrons. The van der Waals surface area contributed by atoms with Gasteiger partial charge in [0.05, 0.1) is 5.69 Å². The van der Waals surface area contributed by atoms with Gasteiger partial charge in [-0.1, -0.05) is 15.9 Å². The number of hydrogen-bond acceptors (Lipinski definition) is 3. The zero-order valence-electron chi connectivity index (χ0n) is 10.1. The van der Waals surface area contributed by atoms with E-state index in [0.29, 0.717) is 11.0 Å². The van der Waals surface area contributed by atoms with Crippen molar-refractivity contribution in [3.05, 3.63) is 44.9 Å². The van der Waals surface area contributed by atoms with E-state index in [1.807, 2.05) is 5.38 Å². The van der Waals surface area contributed by atoms with Gasteiger partial charge >= 0.3 is 0 Å². The molecule has 0 atom stereocenters. The van der Waals surface area contributed by atoms with E-state index in [0.717, 1.165) is 30.7 Å². The number of rotatable bonds is 3. The van der Waals surface area contributed by atoms with E-state index in [-0.39, 0.29) is 4.47 Å². The van der Waals surface area contributed by atoms with Crippen LogP contribution in [0.25, 0.3) is 0 Å². The molecular formula is C13H9BrF2N2OS. The number of amides is 1. The van der Waals surface area contributed by atoms with Crippen molar-refractivity contribution in [1.82, 2.24) is 4.98 Å². The zero-order chi connectivity index (χ0) is 14.3. The summed E-state index contributed by atoms with van der Waals surface area (Å²) in [7, 11) is 0. The van der Waals surface area contributed by atoms with Gasteiger partial charge in [0, 0.05) is 15.8 Å². The first-order chi connectivity index (χ1) is 9.54. The minimum absolute atomic E-state index is 0.245. The zero-order valence-corrected chi connectivity index (χ0v) is 12.5. The van der Waals surface area contributed by atoms with E-state index in [2.05, 4.69) is 26.2 Å². The minimum atomic E-state index is -0.909. The molecule has 0 spiro atoms. The van der Waals surface area contributed by atoms with Crippen LogP contribution in [-0.4, -0.2) is 10.9 Å². The number of halogens is 3.